The lowest BCUT2D eigenvalue weighted by molar-refractivity contribution is 0.251. The highest BCUT2D eigenvalue weighted by Gasteiger charge is 2.02. The number of rotatable bonds is 6. The molecule has 0 aliphatic carbocycles. The summed E-state index contributed by atoms with van der Waals surface area (Å²) in [7, 11) is 0.900. The lowest BCUT2D eigenvalue weighted by Crippen LogP contribution is -2.06. The predicted molar refractivity (Wildman–Crippen MR) is 49.2 cm³/mol. The van der Waals surface area contributed by atoms with Crippen molar-refractivity contribution < 1.29 is 4.43 Å². The van der Waals surface area contributed by atoms with Gasteiger partial charge in [0.15, 0.2) is 0 Å². The van der Waals surface area contributed by atoms with Crippen molar-refractivity contribution in [3.8, 4) is 0 Å². The van der Waals surface area contributed by atoms with Gasteiger partial charge in [0, 0.05) is 6.61 Å². The molecule has 0 heterocycles. The molecule has 1 atom stereocenters. The van der Waals surface area contributed by atoms with Crippen LogP contribution in [0.4, 0.5) is 0 Å². The number of hydrogen-bond acceptors (Lipinski definition) is 1. The highest BCUT2D eigenvalue weighted by molar-refractivity contribution is 5.97. The van der Waals surface area contributed by atoms with Gasteiger partial charge >= 0.3 is 0 Å². The van der Waals surface area contributed by atoms with Crippen LogP contribution in [-0.2, 0) is 4.43 Å². The molecule has 0 aliphatic heterocycles. The Morgan fingerprint density at radius 3 is 2.50 bits per heavy atom. The molecule has 1 nitrogen and oxygen atoms in total. The van der Waals surface area contributed by atoms with Crippen molar-refractivity contribution >= 4 is 10.5 Å². The Kier molecular flexibility index (Phi) is 7.41. The molecule has 0 saturated heterocycles. The van der Waals surface area contributed by atoms with Crippen LogP contribution in [0.3, 0.4) is 0 Å². The average Bonchev–Trinajstić information content (AvgIpc) is 1.98. The van der Waals surface area contributed by atoms with Crippen LogP contribution >= 0.6 is 0 Å². The lowest BCUT2D eigenvalue weighted by atomic mass is 10.0. The van der Waals surface area contributed by atoms with E-state index in [4.69, 9.17) is 4.43 Å². The third kappa shape index (κ3) is 5.00. The van der Waals surface area contributed by atoms with E-state index in [0.717, 1.165) is 23.0 Å². The zero-order valence-corrected chi connectivity index (χ0v) is 9.52. The molecule has 0 N–H and O–H groups in total. The van der Waals surface area contributed by atoms with Crippen LogP contribution in [0.2, 0.25) is 0 Å². The van der Waals surface area contributed by atoms with Crippen molar-refractivity contribution in [3.05, 3.63) is 0 Å². The molecule has 0 spiro atoms. The second-order valence-electron chi connectivity index (χ2n) is 2.87. The van der Waals surface area contributed by atoms with Gasteiger partial charge in [-0.15, -0.1) is 0 Å². The van der Waals surface area contributed by atoms with Gasteiger partial charge < -0.3 is 4.43 Å². The quantitative estimate of drug-likeness (QED) is 0.535. The summed E-state index contributed by atoms with van der Waals surface area (Å²) in [6, 6.07) is 0. The Morgan fingerprint density at radius 1 is 1.40 bits per heavy atom. The van der Waals surface area contributed by atoms with Crippen LogP contribution in [0.15, 0.2) is 0 Å². The fourth-order valence-corrected chi connectivity index (χ4v) is 1.61. The number of hydrogen-bond donors (Lipinski definition) is 0. The molecule has 0 aliphatic rings. The van der Waals surface area contributed by atoms with Crippen molar-refractivity contribution in [3.63, 3.8) is 0 Å². The maximum absolute atomic E-state index is 5.23. The smallest absolute Gasteiger partial charge is 0.145 e. The summed E-state index contributed by atoms with van der Waals surface area (Å²) in [5.41, 5.74) is 0. The third-order valence-electron chi connectivity index (χ3n) is 1.95. The largest absolute Gasteiger partial charge is 0.428 e. The fraction of sp³-hybridized carbons (Fsp3) is 1.00. The summed E-state index contributed by atoms with van der Waals surface area (Å²) < 4.78 is 5.23. The van der Waals surface area contributed by atoms with Crippen LogP contribution in [0, 0.1) is 5.92 Å². The molecular weight excluding hydrogens is 140 g/mol. The zero-order chi connectivity index (χ0) is 7.82. The molecule has 0 aromatic rings. The average molecular weight is 160 g/mol. The summed E-state index contributed by atoms with van der Waals surface area (Å²) >= 11 is 0. The van der Waals surface area contributed by atoms with Gasteiger partial charge in [-0.25, -0.2) is 0 Å². The van der Waals surface area contributed by atoms with Gasteiger partial charge in [-0.2, -0.15) is 0 Å². The monoisotopic (exact) mass is 160 g/mol. The van der Waals surface area contributed by atoms with Crippen molar-refractivity contribution in [1.82, 2.24) is 0 Å². The molecule has 0 aromatic carbocycles. The van der Waals surface area contributed by atoms with Crippen LogP contribution in [-0.4, -0.2) is 17.1 Å². The molecule has 0 saturated carbocycles. The topological polar surface area (TPSA) is 9.23 Å². The summed E-state index contributed by atoms with van der Waals surface area (Å²) in [5, 5.41) is 0. The van der Waals surface area contributed by atoms with Gasteiger partial charge in [0.25, 0.3) is 0 Å². The minimum absolute atomic E-state index is 0.831. The van der Waals surface area contributed by atoms with Gasteiger partial charge in [-0.3, -0.25) is 0 Å². The van der Waals surface area contributed by atoms with Crippen LogP contribution in [0.25, 0.3) is 0 Å². The zero-order valence-electron chi connectivity index (χ0n) is 7.52. The standard InChI is InChI=1S/C8H20OSi/c1-3-5-6-8(4-2)7-9-10/h8H,3-7H2,1-2,10H3. The predicted octanol–water partition coefficient (Wildman–Crippen LogP) is 1.50. The molecule has 0 amide bonds. The molecular formula is C8H20OSi. The first kappa shape index (κ1) is 10.2. The molecule has 2 heteroatoms. The first-order chi connectivity index (χ1) is 4.85. The Balaban J connectivity index is 3.21. The van der Waals surface area contributed by atoms with E-state index in [2.05, 4.69) is 13.8 Å². The normalized spacial score (nSPS) is 13.8. The van der Waals surface area contributed by atoms with E-state index in [1.165, 1.54) is 25.7 Å². The molecule has 0 aromatic heterocycles. The fourth-order valence-electron chi connectivity index (χ4n) is 1.13. The van der Waals surface area contributed by atoms with Gasteiger partial charge in [0.1, 0.15) is 10.5 Å². The number of unbranched alkanes of at least 4 members (excludes halogenated alkanes) is 1. The van der Waals surface area contributed by atoms with Crippen LogP contribution in [0.5, 0.6) is 0 Å². The third-order valence-corrected chi connectivity index (χ3v) is 2.28. The first-order valence-corrected chi connectivity index (χ1v) is 5.15. The van der Waals surface area contributed by atoms with Crippen molar-refractivity contribution in [2.75, 3.05) is 6.61 Å². The van der Waals surface area contributed by atoms with Gasteiger partial charge in [0.2, 0.25) is 0 Å². The van der Waals surface area contributed by atoms with Crippen molar-refractivity contribution in [2.45, 2.75) is 39.5 Å². The summed E-state index contributed by atoms with van der Waals surface area (Å²) in [6.07, 6.45) is 5.32. The van der Waals surface area contributed by atoms with E-state index < -0.39 is 0 Å². The lowest BCUT2D eigenvalue weighted by Gasteiger charge is -2.12. The van der Waals surface area contributed by atoms with E-state index in [-0.39, 0.29) is 0 Å². The molecule has 10 heavy (non-hydrogen) atoms. The minimum atomic E-state index is 0.831. The molecule has 0 radical (unpaired) electrons. The molecule has 1 unspecified atom stereocenters. The second-order valence-corrected chi connectivity index (χ2v) is 3.45. The Labute approximate surface area is 67.7 Å². The SMILES string of the molecule is CCCCC(CC)CO[SiH3]. The highest BCUT2D eigenvalue weighted by Crippen LogP contribution is 2.11. The molecule has 0 fully saturated rings. The summed E-state index contributed by atoms with van der Waals surface area (Å²) in [5.74, 6) is 0.831. The van der Waals surface area contributed by atoms with Crippen molar-refractivity contribution in [1.29, 1.82) is 0 Å². The van der Waals surface area contributed by atoms with Crippen molar-refractivity contribution in [2.24, 2.45) is 5.92 Å². The van der Waals surface area contributed by atoms with Gasteiger partial charge in [-0.1, -0.05) is 33.1 Å². The van der Waals surface area contributed by atoms with E-state index >= 15 is 0 Å². The van der Waals surface area contributed by atoms with Gasteiger partial charge in [0.05, 0.1) is 0 Å². The van der Waals surface area contributed by atoms with E-state index in [0.29, 0.717) is 0 Å². The summed E-state index contributed by atoms with van der Waals surface area (Å²) in [4.78, 5) is 0. The maximum atomic E-state index is 5.23. The minimum Gasteiger partial charge on any atom is -0.428 e. The first-order valence-electron chi connectivity index (χ1n) is 4.34. The summed E-state index contributed by atoms with van der Waals surface area (Å²) in [6.45, 7) is 5.50. The Bertz CT molecular complexity index is 66.3. The Hall–Kier alpha value is 0.177. The molecule has 0 rings (SSSR count). The van der Waals surface area contributed by atoms with E-state index in [1.807, 2.05) is 0 Å². The van der Waals surface area contributed by atoms with Crippen LogP contribution in [0.1, 0.15) is 39.5 Å². The maximum Gasteiger partial charge on any atom is 0.145 e. The van der Waals surface area contributed by atoms with E-state index in [1.54, 1.807) is 0 Å². The highest BCUT2D eigenvalue weighted by atomic mass is 28.2. The van der Waals surface area contributed by atoms with Crippen LogP contribution < -0.4 is 0 Å². The second kappa shape index (κ2) is 7.29. The Morgan fingerprint density at radius 2 is 2.10 bits per heavy atom. The van der Waals surface area contributed by atoms with E-state index in [9.17, 15) is 0 Å². The van der Waals surface area contributed by atoms with Gasteiger partial charge in [-0.05, 0) is 12.3 Å². The molecule has 62 valence electrons. The molecule has 0 bridgehead atoms.